The number of nitrogens with one attached hydrogen (secondary N) is 2. The first-order valence-corrected chi connectivity index (χ1v) is 11.3. The zero-order valence-corrected chi connectivity index (χ0v) is 19.1. The van der Waals surface area contributed by atoms with Crippen LogP contribution >= 0.6 is 0 Å². The monoisotopic (exact) mass is 454 g/mol. The van der Waals surface area contributed by atoms with E-state index in [9.17, 15) is 22.8 Å². The van der Waals surface area contributed by atoms with Gasteiger partial charge in [0.1, 0.15) is 0 Å². The molecule has 2 aliphatic heterocycles. The van der Waals surface area contributed by atoms with Gasteiger partial charge in [0.15, 0.2) is 0 Å². The molecule has 2 fully saturated rings. The predicted molar refractivity (Wildman–Crippen MR) is 117 cm³/mol. The van der Waals surface area contributed by atoms with E-state index in [1.165, 1.54) is 12.1 Å². The Hall–Kier alpha value is -2.29. The van der Waals surface area contributed by atoms with Crippen LogP contribution in [-0.4, -0.2) is 53.1 Å². The van der Waals surface area contributed by atoms with Gasteiger partial charge in [-0.05, 0) is 36.1 Å². The number of carbonyl (C=O) groups is 2. The van der Waals surface area contributed by atoms with Crippen LogP contribution in [0.1, 0.15) is 52.5 Å². The number of anilines is 1. The van der Waals surface area contributed by atoms with Crippen molar-refractivity contribution in [3.8, 4) is 0 Å². The van der Waals surface area contributed by atoms with Gasteiger partial charge in [-0.2, -0.15) is 13.2 Å². The maximum Gasteiger partial charge on any atom is 0.416 e. The third kappa shape index (κ3) is 5.03. The first kappa shape index (κ1) is 24.4. The van der Waals surface area contributed by atoms with E-state index >= 15 is 0 Å². The first-order chi connectivity index (χ1) is 15.0. The first-order valence-electron chi connectivity index (χ1n) is 11.3. The fraction of sp³-hybridized carbons (Fsp3) is 0.652. The molecule has 3 rings (SSSR count). The number of rotatable bonds is 5. The van der Waals surface area contributed by atoms with Crippen molar-refractivity contribution in [2.45, 2.75) is 64.8 Å². The number of carbonyl (C=O) groups excluding carboxylic acids is 2. The maximum atomic E-state index is 13.1. The van der Waals surface area contributed by atoms with E-state index in [0.29, 0.717) is 44.1 Å². The maximum absolute atomic E-state index is 13.1. The van der Waals surface area contributed by atoms with Gasteiger partial charge in [-0.3, -0.25) is 10.1 Å². The number of piperidine rings is 1. The van der Waals surface area contributed by atoms with Crippen molar-refractivity contribution in [2.24, 2.45) is 11.8 Å². The summed E-state index contributed by atoms with van der Waals surface area (Å²) >= 11 is 0. The van der Waals surface area contributed by atoms with E-state index < -0.39 is 17.4 Å². The normalized spacial score (nSPS) is 22.0. The molecule has 2 atom stereocenters. The van der Waals surface area contributed by atoms with E-state index in [-0.39, 0.29) is 23.9 Å². The smallest absolute Gasteiger partial charge is 0.324 e. The van der Waals surface area contributed by atoms with Crippen LogP contribution in [0.3, 0.4) is 0 Å². The van der Waals surface area contributed by atoms with Crippen molar-refractivity contribution in [1.82, 2.24) is 15.1 Å². The van der Waals surface area contributed by atoms with E-state index in [1.54, 1.807) is 4.90 Å². The number of halogens is 3. The number of alkyl halides is 3. The molecule has 0 saturated carbocycles. The molecule has 2 saturated heterocycles. The highest BCUT2D eigenvalue weighted by molar-refractivity contribution is 5.89. The number of nitrogens with zero attached hydrogens (tertiary/aromatic N) is 2. The van der Waals surface area contributed by atoms with E-state index in [4.69, 9.17) is 0 Å². The lowest BCUT2D eigenvalue weighted by atomic mass is 9.94. The molecule has 0 aliphatic carbocycles. The number of amides is 3. The molecule has 1 spiro atoms. The van der Waals surface area contributed by atoms with E-state index in [1.807, 2.05) is 18.7 Å². The van der Waals surface area contributed by atoms with Gasteiger partial charge in [-0.15, -0.1) is 0 Å². The van der Waals surface area contributed by atoms with Crippen LogP contribution in [0.2, 0.25) is 0 Å². The van der Waals surface area contributed by atoms with Gasteiger partial charge in [0.2, 0.25) is 5.91 Å². The Bertz CT molecular complexity index is 818. The van der Waals surface area contributed by atoms with Crippen molar-refractivity contribution in [1.29, 1.82) is 0 Å². The van der Waals surface area contributed by atoms with Gasteiger partial charge in [-0.1, -0.05) is 34.1 Å². The highest BCUT2D eigenvalue weighted by Gasteiger charge is 2.52. The summed E-state index contributed by atoms with van der Waals surface area (Å²) in [7, 11) is 0. The Morgan fingerprint density at radius 3 is 2.28 bits per heavy atom. The van der Waals surface area contributed by atoms with Gasteiger partial charge in [0.05, 0.1) is 17.3 Å². The van der Waals surface area contributed by atoms with Crippen molar-refractivity contribution in [2.75, 3.05) is 25.0 Å². The molecule has 32 heavy (non-hydrogen) atoms. The molecule has 0 bridgehead atoms. The largest absolute Gasteiger partial charge is 0.416 e. The highest BCUT2D eigenvalue weighted by atomic mass is 19.4. The minimum absolute atomic E-state index is 0.128. The average molecular weight is 455 g/mol. The molecule has 9 heteroatoms. The average Bonchev–Trinajstić information content (AvgIpc) is 3.00. The summed E-state index contributed by atoms with van der Waals surface area (Å²) in [6.45, 7) is 9.90. The number of hydrogen-bond donors (Lipinski definition) is 2. The summed E-state index contributed by atoms with van der Waals surface area (Å²) in [6.07, 6.45) is -2.21. The van der Waals surface area contributed by atoms with Gasteiger partial charge in [0, 0.05) is 38.2 Å². The lowest BCUT2D eigenvalue weighted by molar-refractivity contribution is -0.137. The van der Waals surface area contributed by atoms with Crippen LogP contribution < -0.4 is 10.6 Å². The third-order valence-electron chi connectivity index (χ3n) is 6.67. The standard InChI is InChI=1S/C23H33F3N4O2/c1-5-16(4)14-30-20(31)19(15(2)3)28-22(30)10-12-29(13-11-22)21(32)27-18-8-6-17(7-9-18)23(24,25)26/h6-9,15-16,19,28H,5,10-14H2,1-4H3,(H,27,32)/t16-,19-/m0/s1. The van der Waals surface area contributed by atoms with E-state index in [2.05, 4.69) is 24.5 Å². The van der Waals surface area contributed by atoms with Crippen LogP contribution in [0.5, 0.6) is 0 Å². The molecule has 2 heterocycles. The lowest BCUT2D eigenvalue weighted by Crippen LogP contribution is -2.60. The number of benzene rings is 1. The van der Waals surface area contributed by atoms with Crippen LogP contribution in [0, 0.1) is 11.8 Å². The second kappa shape index (κ2) is 9.29. The van der Waals surface area contributed by atoms with Crippen LogP contribution in [0.25, 0.3) is 0 Å². The Balaban J connectivity index is 1.65. The minimum atomic E-state index is -4.41. The van der Waals surface area contributed by atoms with Crippen molar-refractivity contribution in [3.63, 3.8) is 0 Å². The Kier molecular flexibility index (Phi) is 7.07. The lowest BCUT2D eigenvalue weighted by Gasteiger charge is -2.45. The van der Waals surface area contributed by atoms with Crippen LogP contribution in [0.15, 0.2) is 24.3 Å². The summed E-state index contributed by atoms with van der Waals surface area (Å²) in [4.78, 5) is 29.4. The summed E-state index contributed by atoms with van der Waals surface area (Å²) in [5, 5.41) is 6.25. The molecular weight excluding hydrogens is 421 g/mol. The number of urea groups is 1. The highest BCUT2D eigenvalue weighted by Crippen LogP contribution is 2.35. The zero-order chi connectivity index (χ0) is 23.7. The molecule has 6 nitrogen and oxygen atoms in total. The molecule has 2 N–H and O–H groups in total. The summed E-state index contributed by atoms with van der Waals surface area (Å²) < 4.78 is 38.2. The Labute approximate surface area is 187 Å². The van der Waals surface area contributed by atoms with Crippen LogP contribution in [0.4, 0.5) is 23.7 Å². The molecule has 0 aromatic heterocycles. The second-order valence-electron chi connectivity index (χ2n) is 9.35. The molecule has 178 valence electrons. The summed E-state index contributed by atoms with van der Waals surface area (Å²) in [5.74, 6) is 0.676. The van der Waals surface area contributed by atoms with Gasteiger partial charge < -0.3 is 15.1 Å². The quantitative estimate of drug-likeness (QED) is 0.687. The molecule has 1 aromatic carbocycles. The minimum Gasteiger partial charge on any atom is -0.324 e. The van der Waals surface area contributed by atoms with Gasteiger partial charge in [-0.25, -0.2) is 4.79 Å². The molecule has 2 aliphatic rings. The van der Waals surface area contributed by atoms with Crippen molar-refractivity contribution in [3.05, 3.63) is 29.8 Å². The topological polar surface area (TPSA) is 64.7 Å². The van der Waals surface area contributed by atoms with Crippen molar-refractivity contribution >= 4 is 17.6 Å². The third-order valence-corrected chi connectivity index (χ3v) is 6.67. The Morgan fingerprint density at radius 2 is 1.78 bits per heavy atom. The number of likely N-dealkylation sites (tertiary alicyclic amines) is 1. The molecule has 1 aromatic rings. The molecule has 0 radical (unpaired) electrons. The Morgan fingerprint density at radius 1 is 1.19 bits per heavy atom. The fourth-order valence-electron chi connectivity index (χ4n) is 4.40. The predicted octanol–water partition coefficient (Wildman–Crippen LogP) is 4.53. The second-order valence-corrected chi connectivity index (χ2v) is 9.35. The SMILES string of the molecule is CC[C@H](C)CN1C(=O)[C@H](C(C)C)NC12CCN(C(=O)Nc1ccc(C(F)(F)F)cc1)CC2. The zero-order valence-electron chi connectivity index (χ0n) is 19.1. The van der Waals surface area contributed by atoms with Crippen molar-refractivity contribution < 1.29 is 22.8 Å². The van der Waals surface area contributed by atoms with Gasteiger partial charge in [0.25, 0.3) is 0 Å². The van der Waals surface area contributed by atoms with Crippen LogP contribution in [-0.2, 0) is 11.0 Å². The molecule has 3 amide bonds. The fourth-order valence-corrected chi connectivity index (χ4v) is 4.40. The van der Waals surface area contributed by atoms with E-state index in [0.717, 1.165) is 18.6 Å². The molecule has 0 unspecified atom stereocenters. The number of hydrogen-bond acceptors (Lipinski definition) is 3. The molecular formula is C23H33F3N4O2. The summed E-state index contributed by atoms with van der Waals surface area (Å²) in [6, 6.07) is 3.83. The summed E-state index contributed by atoms with van der Waals surface area (Å²) in [5.41, 5.74) is -0.898. The van der Waals surface area contributed by atoms with Gasteiger partial charge >= 0.3 is 12.2 Å².